The maximum absolute atomic E-state index is 4.94. The molecule has 0 aromatic rings. The quantitative estimate of drug-likeness (QED) is 0.475. The minimum absolute atomic E-state index is 1.00. The molecule has 44 valence electrons. The lowest BCUT2D eigenvalue weighted by atomic mass is 10.4. The Hall–Kier alpha value is 0.310. The van der Waals surface area contributed by atoms with E-state index in [1.807, 2.05) is 0 Å². The van der Waals surface area contributed by atoms with Crippen LogP contribution in [-0.2, 0) is 4.74 Å². The number of ether oxygens (including phenoxy) is 1. The Balaban J connectivity index is 0.000000162. The van der Waals surface area contributed by atoms with E-state index >= 15 is 0 Å². The summed E-state index contributed by atoms with van der Waals surface area (Å²) < 4.78 is 4.94. The average molecular weight is 120 g/mol. The molecule has 1 aliphatic heterocycles. The van der Waals surface area contributed by atoms with E-state index in [9.17, 15) is 0 Å². The lowest BCUT2D eigenvalue weighted by molar-refractivity contribution is 0.198. The van der Waals surface area contributed by atoms with Gasteiger partial charge in [-0.05, 0) is 19.1 Å². The second kappa shape index (κ2) is 6.31. The van der Waals surface area contributed by atoms with Crippen molar-refractivity contribution in [3.8, 4) is 0 Å². The average Bonchev–Trinajstić information content (AvgIpc) is 2.23. The fourth-order valence-electron chi connectivity index (χ4n) is 0.510. The zero-order chi connectivity index (χ0) is 5.54. The second-order valence-corrected chi connectivity index (χ2v) is 1.32. The van der Waals surface area contributed by atoms with Gasteiger partial charge in [-0.3, -0.25) is 0 Å². The highest BCUT2D eigenvalue weighted by Crippen LogP contribution is 1.98. The molecular formula is C5H12OS. The van der Waals surface area contributed by atoms with E-state index < -0.39 is 0 Å². The zero-order valence-corrected chi connectivity index (χ0v) is 5.58. The highest BCUT2D eigenvalue weighted by Gasteiger charge is 1.94. The topological polar surface area (TPSA) is 9.23 Å². The smallest absolute Gasteiger partial charge is 0.0466 e. The Morgan fingerprint density at radius 2 is 1.57 bits per heavy atom. The highest BCUT2D eigenvalue weighted by atomic mass is 32.1. The summed E-state index contributed by atoms with van der Waals surface area (Å²) >= 11 is 3.53. The zero-order valence-electron chi connectivity index (χ0n) is 4.68. The van der Waals surface area contributed by atoms with Gasteiger partial charge in [-0.2, -0.15) is 12.6 Å². The molecule has 7 heavy (non-hydrogen) atoms. The van der Waals surface area contributed by atoms with E-state index in [0.29, 0.717) is 0 Å². The van der Waals surface area contributed by atoms with Gasteiger partial charge in [0.15, 0.2) is 0 Å². The molecule has 1 fully saturated rings. The molecule has 1 heterocycles. The van der Waals surface area contributed by atoms with Gasteiger partial charge in [0.25, 0.3) is 0 Å². The van der Waals surface area contributed by atoms with Crippen LogP contribution in [0.4, 0.5) is 0 Å². The van der Waals surface area contributed by atoms with Crippen molar-refractivity contribution in [3.63, 3.8) is 0 Å². The molecule has 1 aliphatic rings. The molecule has 0 saturated carbocycles. The van der Waals surface area contributed by atoms with Crippen molar-refractivity contribution in [2.75, 3.05) is 19.5 Å². The Bertz CT molecular complexity index is 19.7. The maximum atomic E-state index is 4.94. The third-order valence-corrected chi connectivity index (χ3v) is 0.827. The van der Waals surface area contributed by atoms with Gasteiger partial charge in [-0.1, -0.05) is 0 Å². The Kier molecular flexibility index (Phi) is 6.59. The van der Waals surface area contributed by atoms with Gasteiger partial charge in [-0.15, -0.1) is 0 Å². The molecule has 0 atom stereocenters. The summed E-state index contributed by atoms with van der Waals surface area (Å²) in [6, 6.07) is 0. The predicted molar refractivity (Wildman–Crippen MR) is 35.0 cm³/mol. The summed E-state index contributed by atoms with van der Waals surface area (Å²) in [5, 5.41) is 0. The molecule has 0 radical (unpaired) electrons. The van der Waals surface area contributed by atoms with Gasteiger partial charge >= 0.3 is 0 Å². The van der Waals surface area contributed by atoms with Gasteiger partial charge in [0.05, 0.1) is 0 Å². The standard InChI is InChI=1S/C4H8O.CH4S/c1-2-4-5-3-1;1-2/h1-4H2;2H,1H3. The monoisotopic (exact) mass is 120 g/mol. The third kappa shape index (κ3) is 4.16. The lowest BCUT2D eigenvalue weighted by Crippen LogP contribution is -1.74. The van der Waals surface area contributed by atoms with E-state index in [4.69, 9.17) is 4.74 Å². The van der Waals surface area contributed by atoms with Crippen LogP contribution in [0.25, 0.3) is 0 Å². The summed E-state index contributed by atoms with van der Waals surface area (Å²) in [7, 11) is 0. The van der Waals surface area contributed by atoms with Gasteiger partial charge in [0.1, 0.15) is 0 Å². The van der Waals surface area contributed by atoms with Crippen molar-refractivity contribution < 1.29 is 4.74 Å². The Morgan fingerprint density at radius 1 is 1.14 bits per heavy atom. The summed E-state index contributed by atoms with van der Waals surface area (Å²) in [5.74, 6) is 0. The number of hydrogen-bond donors (Lipinski definition) is 1. The van der Waals surface area contributed by atoms with Crippen LogP contribution in [0.2, 0.25) is 0 Å². The van der Waals surface area contributed by atoms with Crippen LogP contribution < -0.4 is 0 Å². The van der Waals surface area contributed by atoms with Crippen LogP contribution in [0.3, 0.4) is 0 Å². The third-order valence-electron chi connectivity index (χ3n) is 0.827. The van der Waals surface area contributed by atoms with Crippen LogP contribution in [0.1, 0.15) is 12.8 Å². The van der Waals surface area contributed by atoms with Crippen molar-refractivity contribution in [1.82, 2.24) is 0 Å². The first-order chi connectivity index (χ1) is 3.50. The molecule has 1 rings (SSSR count). The van der Waals surface area contributed by atoms with E-state index in [2.05, 4.69) is 12.6 Å². The fourth-order valence-corrected chi connectivity index (χ4v) is 0.510. The van der Waals surface area contributed by atoms with E-state index in [1.165, 1.54) is 12.8 Å². The molecule has 2 heteroatoms. The first kappa shape index (κ1) is 7.31. The molecule has 1 nitrogen and oxygen atoms in total. The van der Waals surface area contributed by atoms with Crippen molar-refractivity contribution >= 4 is 12.6 Å². The van der Waals surface area contributed by atoms with Crippen molar-refractivity contribution in [2.24, 2.45) is 0 Å². The Morgan fingerprint density at radius 3 is 1.71 bits per heavy atom. The van der Waals surface area contributed by atoms with E-state index in [-0.39, 0.29) is 0 Å². The van der Waals surface area contributed by atoms with Gasteiger partial charge in [0, 0.05) is 13.2 Å². The summed E-state index contributed by atoms with van der Waals surface area (Å²) in [6.45, 7) is 2.00. The second-order valence-electron chi connectivity index (χ2n) is 1.32. The molecule has 0 aliphatic carbocycles. The molecule has 0 aromatic heterocycles. The van der Waals surface area contributed by atoms with Crippen molar-refractivity contribution in [3.05, 3.63) is 0 Å². The molecule has 0 amide bonds. The maximum Gasteiger partial charge on any atom is 0.0466 e. The van der Waals surface area contributed by atoms with Crippen LogP contribution in [-0.4, -0.2) is 19.5 Å². The molecule has 0 spiro atoms. The first-order valence-corrected chi connectivity index (χ1v) is 3.42. The summed E-state index contributed by atoms with van der Waals surface area (Å²) in [4.78, 5) is 0. The minimum atomic E-state index is 1.00. The van der Waals surface area contributed by atoms with Gasteiger partial charge in [-0.25, -0.2) is 0 Å². The molecule has 0 bridgehead atoms. The summed E-state index contributed by atoms with van der Waals surface area (Å²) in [6.07, 6.45) is 4.25. The number of hydrogen-bond acceptors (Lipinski definition) is 2. The normalized spacial score (nSPS) is 18.0. The van der Waals surface area contributed by atoms with Crippen molar-refractivity contribution in [1.29, 1.82) is 0 Å². The SMILES string of the molecule is C1CCOC1.CS. The Labute approximate surface area is 50.5 Å². The number of rotatable bonds is 0. The van der Waals surface area contributed by atoms with Crippen LogP contribution in [0.15, 0.2) is 0 Å². The van der Waals surface area contributed by atoms with Gasteiger partial charge < -0.3 is 4.74 Å². The van der Waals surface area contributed by atoms with E-state index in [1.54, 1.807) is 6.26 Å². The lowest BCUT2D eigenvalue weighted by Gasteiger charge is -1.76. The molecule has 0 aromatic carbocycles. The van der Waals surface area contributed by atoms with Crippen LogP contribution in [0, 0.1) is 0 Å². The summed E-state index contributed by atoms with van der Waals surface area (Å²) in [5.41, 5.74) is 0. The predicted octanol–water partition coefficient (Wildman–Crippen LogP) is 1.34. The molecule has 0 unspecified atom stereocenters. The number of thiol groups is 1. The molecule has 1 saturated heterocycles. The molecular weight excluding hydrogens is 108 g/mol. The van der Waals surface area contributed by atoms with Gasteiger partial charge in [0.2, 0.25) is 0 Å². The van der Waals surface area contributed by atoms with Crippen molar-refractivity contribution in [2.45, 2.75) is 12.8 Å². The first-order valence-electron chi connectivity index (χ1n) is 2.52. The van der Waals surface area contributed by atoms with Crippen LogP contribution >= 0.6 is 12.6 Å². The largest absolute Gasteiger partial charge is 0.381 e. The van der Waals surface area contributed by atoms with Crippen LogP contribution in [0.5, 0.6) is 0 Å². The van der Waals surface area contributed by atoms with E-state index in [0.717, 1.165) is 13.2 Å². The highest BCUT2D eigenvalue weighted by molar-refractivity contribution is 7.79. The minimum Gasteiger partial charge on any atom is -0.381 e. The fraction of sp³-hybridized carbons (Fsp3) is 1.00. The molecule has 0 N–H and O–H groups in total.